The maximum absolute atomic E-state index is 12.0. The van der Waals surface area contributed by atoms with Crippen molar-refractivity contribution in [3.05, 3.63) is 35.4 Å². The number of esters is 1. The first-order valence-corrected chi connectivity index (χ1v) is 7.58. The van der Waals surface area contributed by atoms with Crippen LogP contribution in [0.3, 0.4) is 0 Å². The third-order valence-electron chi connectivity index (χ3n) is 3.64. The Balaban J connectivity index is 1.99. The van der Waals surface area contributed by atoms with E-state index >= 15 is 0 Å². The van der Waals surface area contributed by atoms with E-state index in [1.54, 1.807) is 18.2 Å². The van der Waals surface area contributed by atoms with Crippen LogP contribution in [-0.4, -0.2) is 63.5 Å². The van der Waals surface area contributed by atoms with Crippen LogP contribution in [0.25, 0.3) is 6.08 Å². The summed E-state index contributed by atoms with van der Waals surface area (Å²) in [4.78, 5) is 12.0. The predicted octanol–water partition coefficient (Wildman–Crippen LogP) is 0.103. The summed E-state index contributed by atoms with van der Waals surface area (Å²) in [5, 5.41) is 37.1. The van der Waals surface area contributed by atoms with E-state index in [1.165, 1.54) is 0 Å². The SMILES string of the molecule is CC1(C)C=Cc2cc(C(=O)OC[C@@H](O)[C@H](O)[C@H](O)CO)ccc2O1. The van der Waals surface area contributed by atoms with E-state index < -0.39 is 43.1 Å². The molecule has 0 saturated carbocycles. The van der Waals surface area contributed by atoms with Crippen LogP contribution in [0.4, 0.5) is 0 Å². The Hall–Kier alpha value is -1.93. The summed E-state index contributed by atoms with van der Waals surface area (Å²) in [7, 11) is 0. The fourth-order valence-corrected chi connectivity index (χ4v) is 2.21. The third kappa shape index (κ3) is 4.33. The van der Waals surface area contributed by atoms with Gasteiger partial charge >= 0.3 is 5.97 Å². The van der Waals surface area contributed by atoms with Crippen molar-refractivity contribution in [1.29, 1.82) is 0 Å². The number of ether oxygens (including phenoxy) is 2. The molecular formula is C17H22O7. The Labute approximate surface area is 139 Å². The Bertz CT molecular complexity index is 623. The van der Waals surface area contributed by atoms with Crippen molar-refractivity contribution in [1.82, 2.24) is 0 Å². The molecule has 1 aromatic rings. The number of hydrogen-bond acceptors (Lipinski definition) is 7. The molecule has 0 aliphatic carbocycles. The van der Waals surface area contributed by atoms with Gasteiger partial charge in [0.25, 0.3) is 0 Å². The van der Waals surface area contributed by atoms with Crippen molar-refractivity contribution in [2.24, 2.45) is 0 Å². The summed E-state index contributed by atoms with van der Waals surface area (Å²) >= 11 is 0. The maximum Gasteiger partial charge on any atom is 0.338 e. The Morgan fingerprint density at radius 2 is 1.96 bits per heavy atom. The van der Waals surface area contributed by atoms with Gasteiger partial charge in [-0.3, -0.25) is 0 Å². The highest BCUT2D eigenvalue weighted by Crippen LogP contribution is 2.31. The number of benzene rings is 1. The molecule has 7 nitrogen and oxygen atoms in total. The Morgan fingerprint density at radius 3 is 2.62 bits per heavy atom. The maximum atomic E-state index is 12.0. The summed E-state index contributed by atoms with van der Waals surface area (Å²) in [6.07, 6.45) is -0.886. The second kappa shape index (κ2) is 7.31. The van der Waals surface area contributed by atoms with Crippen molar-refractivity contribution >= 4 is 12.0 Å². The molecule has 0 bridgehead atoms. The summed E-state index contributed by atoms with van der Waals surface area (Å²) < 4.78 is 10.7. The predicted molar refractivity (Wildman–Crippen MR) is 85.6 cm³/mol. The number of aliphatic hydroxyl groups excluding tert-OH is 4. The molecule has 0 spiro atoms. The summed E-state index contributed by atoms with van der Waals surface area (Å²) in [5.41, 5.74) is 0.592. The number of carbonyl (C=O) groups is 1. The molecule has 2 rings (SSSR count). The molecule has 7 heteroatoms. The van der Waals surface area contributed by atoms with Crippen molar-refractivity contribution < 1.29 is 34.7 Å². The lowest BCUT2D eigenvalue weighted by Crippen LogP contribution is -2.42. The van der Waals surface area contributed by atoms with Crippen LogP contribution < -0.4 is 4.74 Å². The number of rotatable bonds is 6. The number of aliphatic hydroxyl groups is 4. The van der Waals surface area contributed by atoms with E-state index in [2.05, 4.69) is 0 Å². The lowest BCUT2D eigenvalue weighted by Gasteiger charge is -2.28. The quantitative estimate of drug-likeness (QED) is 0.544. The standard InChI is InChI=1S/C17H22O7/c1-17(2)6-5-10-7-11(3-4-14(10)24-17)16(22)23-9-13(20)15(21)12(19)8-18/h3-7,12-13,15,18-21H,8-9H2,1-2H3/t12-,13-,15-/m1/s1. The lowest BCUT2D eigenvalue weighted by atomic mass is 10.0. The van der Waals surface area contributed by atoms with Gasteiger partial charge in [0.2, 0.25) is 0 Å². The van der Waals surface area contributed by atoms with Crippen molar-refractivity contribution in [2.75, 3.05) is 13.2 Å². The Morgan fingerprint density at radius 1 is 1.25 bits per heavy atom. The minimum atomic E-state index is -1.61. The first kappa shape index (κ1) is 18.4. The van der Waals surface area contributed by atoms with Gasteiger partial charge in [-0.05, 0) is 38.1 Å². The minimum absolute atomic E-state index is 0.270. The van der Waals surface area contributed by atoms with Gasteiger partial charge in [-0.2, -0.15) is 0 Å². The molecule has 0 amide bonds. The van der Waals surface area contributed by atoms with Gasteiger partial charge in [-0.15, -0.1) is 0 Å². The van der Waals surface area contributed by atoms with Crippen LogP contribution in [0.15, 0.2) is 24.3 Å². The van der Waals surface area contributed by atoms with Crippen LogP contribution in [0.5, 0.6) is 5.75 Å². The summed E-state index contributed by atoms with van der Waals surface area (Å²) in [6.45, 7) is 2.62. The molecule has 1 aliphatic rings. The highest BCUT2D eigenvalue weighted by molar-refractivity contribution is 5.90. The third-order valence-corrected chi connectivity index (χ3v) is 3.64. The number of fused-ring (bicyclic) bond motifs is 1. The van der Waals surface area contributed by atoms with Crippen LogP contribution in [0.2, 0.25) is 0 Å². The molecule has 0 unspecified atom stereocenters. The van der Waals surface area contributed by atoms with Gasteiger partial charge < -0.3 is 29.9 Å². The first-order chi connectivity index (χ1) is 11.2. The zero-order valence-corrected chi connectivity index (χ0v) is 13.5. The van der Waals surface area contributed by atoms with E-state index in [0.717, 1.165) is 5.56 Å². The van der Waals surface area contributed by atoms with Crippen LogP contribution in [-0.2, 0) is 4.74 Å². The van der Waals surface area contributed by atoms with E-state index in [1.807, 2.05) is 26.0 Å². The molecule has 4 N–H and O–H groups in total. The molecule has 0 radical (unpaired) electrons. The van der Waals surface area contributed by atoms with E-state index in [-0.39, 0.29) is 5.56 Å². The summed E-state index contributed by atoms with van der Waals surface area (Å²) in [6, 6.07) is 4.81. The Kier molecular flexibility index (Phi) is 5.61. The molecule has 3 atom stereocenters. The van der Waals surface area contributed by atoms with Crippen LogP contribution in [0.1, 0.15) is 29.8 Å². The lowest BCUT2D eigenvalue weighted by molar-refractivity contribution is -0.0925. The molecule has 1 aromatic carbocycles. The average molecular weight is 338 g/mol. The zero-order chi connectivity index (χ0) is 17.9. The number of carbonyl (C=O) groups excluding carboxylic acids is 1. The highest BCUT2D eigenvalue weighted by atomic mass is 16.5. The van der Waals surface area contributed by atoms with E-state index in [0.29, 0.717) is 5.75 Å². The van der Waals surface area contributed by atoms with Crippen molar-refractivity contribution in [2.45, 2.75) is 37.8 Å². The molecule has 24 heavy (non-hydrogen) atoms. The van der Waals surface area contributed by atoms with Gasteiger partial charge in [-0.1, -0.05) is 6.08 Å². The zero-order valence-electron chi connectivity index (χ0n) is 13.5. The van der Waals surface area contributed by atoms with Gasteiger partial charge in [0.15, 0.2) is 0 Å². The average Bonchev–Trinajstić information content (AvgIpc) is 2.56. The molecule has 132 valence electrons. The molecular weight excluding hydrogens is 316 g/mol. The monoisotopic (exact) mass is 338 g/mol. The van der Waals surface area contributed by atoms with Crippen LogP contribution >= 0.6 is 0 Å². The van der Waals surface area contributed by atoms with Gasteiger partial charge in [0, 0.05) is 5.56 Å². The van der Waals surface area contributed by atoms with E-state index in [9.17, 15) is 20.1 Å². The largest absolute Gasteiger partial charge is 0.483 e. The van der Waals surface area contributed by atoms with Gasteiger partial charge in [-0.25, -0.2) is 4.79 Å². The van der Waals surface area contributed by atoms with Crippen LogP contribution in [0, 0.1) is 0 Å². The van der Waals surface area contributed by atoms with Gasteiger partial charge in [0.05, 0.1) is 12.2 Å². The van der Waals surface area contributed by atoms with E-state index in [4.69, 9.17) is 14.6 Å². The second-order valence-corrected chi connectivity index (χ2v) is 6.20. The second-order valence-electron chi connectivity index (χ2n) is 6.20. The molecule has 1 heterocycles. The molecule has 0 fully saturated rings. The molecule has 0 aromatic heterocycles. The number of hydrogen-bond donors (Lipinski definition) is 4. The normalized spacial score (nSPS) is 18.9. The minimum Gasteiger partial charge on any atom is -0.483 e. The highest BCUT2D eigenvalue weighted by Gasteiger charge is 2.26. The fraction of sp³-hybridized carbons (Fsp3) is 0.471. The first-order valence-electron chi connectivity index (χ1n) is 7.58. The van der Waals surface area contributed by atoms with Crippen molar-refractivity contribution in [3.63, 3.8) is 0 Å². The molecule has 1 aliphatic heterocycles. The smallest absolute Gasteiger partial charge is 0.338 e. The molecule has 0 saturated heterocycles. The van der Waals surface area contributed by atoms with Gasteiger partial charge in [0.1, 0.15) is 36.3 Å². The fourth-order valence-electron chi connectivity index (χ4n) is 2.21. The summed E-state index contributed by atoms with van der Waals surface area (Å²) in [5.74, 6) is -0.0265. The topological polar surface area (TPSA) is 116 Å². The van der Waals surface area contributed by atoms with Crippen molar-refractivity contribution in [3.8, 4) is 5.75 Å².